The predicted octanol–water partition coefficient (Wildman–Crippen LogP) is 2.84. The lowest BCUT2D eigenvalue weighted by Gasteiger charge is -2.19. The molecule has 88 valence electrons. The number of rotatable bonds is 3. The Morgan fingerprint density at radius 1 is 1.50 bits per heavy atom. The summed E-state index contributed by atoms with van der Waals surface area (Å²) in [6.45, 7) is 2.99. The maximum Gasteiger partial charge on any atom is 0.309 e. The van der Waals surface area contributed by atoms with Crippen LogP contribution in [0.1, 0.15) is 19.4 Å². The molecule has 0 amide bonds. The van der Waals surface area contributed by atoms with Gasteiger partial charge in [-0.3, -0.25) is 4.79 Å². The molecule has 16 heavy (non-hydrogen) atoms. The van der Waals surface area contributed by atoms with Crippen LogP contribution in [0.2, 0.25) is 5.02 Å². The minimum Gasteiger partial charge on any atom is -0.505 e. The molecule has 1 aromatic rings. The van der Waals surface area contributed by atoms with Crippen LogP contribution in [0.3, 0.4) is 0 Å². The smallest absolute Gasteiger partial charge is 0.309 e. The standard InChI is InChI=1S/C11H12ClFO3/c1-11(2,10(15)16)5-6-3-7(12)4-8(13)9(6)14/h3-4,14H,5H2,1-2H3,(H,15,16). The van der Waals surface area contributed by atoms with Crippen molar-refractivity contribution in [3.8, 4) is 5.75 Å². The number of phenolic OH excluding ortho intramolecular Hbond substituents is 1. The van der Waals surface area contributed by atoms with Gasteiger partial charge < -0.3 is 10.2 Å². The highest BCUT2D eigenvalue weighted by molar-refractivity contribution is 6.30. The first-order valence-electron chi connectivity index (χ1n) is 4.64. The Kier molecular flexibility index (Phi) is 3.43. The van der Waals surface area contributed by atoms with Crippen LogP contribution in [-0.4, -0.2) is 16.2 Å². The summed E-state index contributed by atoms with van der Waals surface area (Å²) in [5, 5.41) is 18.5. The molecule has 0 fully saturated rings. The number of hydrogen-bond donors (Lipinski definition) is 2. The highest BCUT2D eigenvalue weighted by atomic mass is 35.5. The van der Waals surface area contributed by atoms with Crippen molar-refractivity contribution in [1.29, 1.82) is 0 Å². The van der Waals surface area contributed by atoms with Gasteiger partial charge in [-0.05, 0) is 38.0 Å². The Morgan fingerprint density at radius 2 is 2.06 bits per heavy atom. The van der Waals surface area contributed by atoms with Crippen LogP contribution in [0.5, 0.6) is 5.75 Å². The van der Waals surface area contributed by atoms with Gasteiger partial charge in [0.25, 0.3) is 0 Å². The van der Waals surface area contributed by atoms with Crippen LogP contribution in [0.15, 0.2) is 12.1 Å². The first kappa shape index (κ1) is 12.8. The van der Waals surface area contributed by atoms with E-state index in [-0.39, 0.29) is 17.0 Å². The third-order valence-corrected chi connectivity index (χ3v) is 2.54. The molecule has 3 nitrogen and oxygen atoms in total. The lowest BCUT2D eigenvalue weighted by atomic mass is 9.85. The molecule has 2 N–H and O–H groups in total. The molecule has 0 saturated heterocycles. The molecular formula is C11H12ClFO3. The lowest BCUT2D eigenvalue weighted by Crippen LogP contribution is -2.26. The van der Waals surface area contributed by atoms with Crippen molar-refractivity contribution in [2.45, 2.75) is 20.3 Å². The molecule has 0 aromatic heterocycles. The van der Waals surface area contributed by atoms with E-state index in [0.717, 1.165) is 6.07 Å². The Bertz CT molecular complexity index is 429. The van der Waals surface area contributed by atoms with Gasteiger partial charge in [-0.25, -0.2) is 4.39 Å². The minimum atomic E-state index is -1.09. The fourth-order valence-corrected chi connectivity index (χ4v) is 1.53. The molecule has 0 atom stereocenters. The number of aromatic hydroxyl groups is 1. The van der Waals surface area contributed by atoms with E-state index in [1.54, 1.807) is 0 Å². The van der Waals surface area contributed by atoms with E-state index in [2.05, 4.69) is 0 Å². The van der Waals surface area contributed by atoms with Gasteiger partial charge in [0, 0.05) is 5.02 Å². The van der Waals surface area contributed by atoms with Crippen molar-refractivity contribution < 1.29 is 19.4 Å². The molecular weight excluding hydrogens is 235 g/mol. The number of aliphatic carboxylic acids is 1. The highest BCUT2D eigenvalue weighted by Gasteiger charge is 2.29. The van der Waals surface area contributed by atoms with E-state index in [4.69, 9.17) is 16.7 Å². The number of benzene rings is 1. The topological polar surface area (TPSA) is 57.5 Å². The Balaban J connectivity index is 3.11. The van der Waals surface area contributed by atoms with Gasteiger partial charge in [0.1, 0.15) is 0 Å². The van der Waals surface area contributed by atoms with E-state index in [1.807, 2.05) is 0 Å². The maximum absolute atomic E-state index is 13.1. The maximum atomic E-state index is 13.1. The third kappa shape index (κ3) is 2.64. The summed E-state index contributed by atoms with van der Waals surface area (Å²) in [5.74, 6) is -2.41. The molecule has 1 aromatic carbocycles. The second-order valence-electron chi connectivity index (χ2n) is 4.26. The minimum absolute atomic E-state index is 0.00560. The Labute approximate surface area is 97.5 Å². The second-order valence-corrected chi connectivity index (χ2v) is 4.70. The van der Waals surface area contributed by atoms with Gasteiger partial charge in [0.05, 0.1) is 5.41 Å². The zero-order valence-corrected chi connectivity index (χ0v) is 9.68. The molecule has 0 bridgehead atoms. The number of carboxylic acids is 1. The van der Waals surface area contributed by atoms with Crippen molar-refractivity contribution in [1.82, 2.24) is 0 Å². The summed E-state index contributed by atoms with van der Waals surface area (Å²) < 4.78 is 13.1. The number of carbonyl (C=O) groups is 1. The Hall–Kier alpha value is -1.29. The molecule has 0 spiro atoms. The van der Waals surface area contributed by atoms with Crippen molar-refractivity contribution in [3.05, 3.63) is 28.5 Å². The second kappa shape index (κ2) is 4.29. The van der Waals surface area contributed by atoms with E-state index < -0.39 is 23.0 Å². The molecule has 0 heterocycles. The molecule has 0 saturated carbocycles. The number of halogens is 2. The van der Waals surface area contributed by atoms with Crippen molar-refractivity contribution in [3.63, 3.8) is 0 Å². The molecule has 5 heteroatoms. The van der Waals surface area contributed by atoms with Crippen molar-refractivity contribution in [2.75, 3.05) is 0 Å². The predicted molar refractivity (Wildman–Crippen MR) is 58.2 cm³/mol. The van der Waals surface area contributed by atoms with Crippen molar-refractivity contribution in [2.24, 2.45) is 5.41 Å². The summed E-state index contributed by atoms with van der Waals surface area (Å²) in [5.41, 5.74) is -0.897. The highest BCUT2D eigenvalue weighted by Crippen LogP contribution is 2.31. The molecule has 0 unspecified atom stereocenters. The number of hydrogen-bond acceptors (Lipinski definition) is 2. The van der Waals surface area contributed by atoms with E-state index >= 15 is 0 Å². The lowest BCUT2D eigenvalue weighted by molar-refractivity contribution is -0.146. The van der Waals surface area contributed by atoms with Crippen molar-refractivity contribution >= 4 is 17.6 Å². The fraction of sp³-hybridized carbons (Fsp3) is 0.364. The Morgan fingerprint density at radius 3 is 2.56 bits per heavy atom. The summed E-state index contributed by atoms with van der Waals surface area (Å²) in [6.07, 6.45) is 0.00560. The molecule has 0 aliphatic rings. The first-order valence-corrected chi connectivity index (χ1v) is 5.02. The largest absolute Gasteiger partial charge is 0.505 e. The summed E-state index contributed by atoms with van der Waals surface area (Å²) in [4.78, 5) is 10.9. The van der Waals surface area contributed by atoms with E-state index in [0.29, 0.717) is 0 Å². The average Bonchev–Trinajstić information content (AvgIpc) is 2.12. The van der Waals surface area contributed by atoms with Gasteiger partial charge in [-0.2, -0.15) is 0 Å². The van der Waals surface area contributed by atoms with Gasteiger partial charge in [-0.1, -0.05) is 11.6 Å². The van der Waals surface area contributed by atoms with Crippen LogP contribution in [0.25, 0.3) is 0 Å². The monoisotopic (exact) mass is 246 g/mol. The molecule has 0 aliphatic heterocycles. The molecule has 0 radical (unpaired) electrons. The SMILES string of the molecule is CC(C)(Cc1cc(Cl)cc(F)c1O)C(=O)O. The summed E-state index contributed by atoms with van der Waals surface area (Å²) in [7, 11) is 0. The third-order valence-electron chi connectivity index (χ3n) is 2.32. The van der Waals surface area contributed by atoms with Crippen LogP contribution >= 0.6 is 11.6 Å². The summed E-state index contributed by atoms with van der Waals surface area (Å²) in [6, 6.07) is 2.35. The van der Waals surface area contributed by atoms with Crippen LogP contribution < -0.4 is 0 Å². The number of phenols is 1. The zero-order chi connectivity index (χ0) is 12.5. The van der Waals surface area contributed by atoms with Gasteiger partial charge in [-0.15, -0.1) is 0 Å². The van der Waals surface area contributed by atoms with Gasteiger partial charge in [0.15, 0.2) is 11.6 Å². The summed E-state index contributed by atoms with van der Waals surface area (Å²) >= 11 is 5.63. The van der Waals surface area contributed by atoms with E-state index in [1.165, 1.54) is 19.9 Å². The fourth-order valence-electron chi connectivity index (χ4n) is 1.31. The quantitative estimate of drug-likeness (QED) is 0.862. The average molecular weight is 247 g/mol. The molecule has 1 rings (SSSR count). The van der Waals surface area contributed by atoms with Gasteiger partial charge >= 0.3 is 5.97 Å². The molecule has 0 aliphatic carbocycles. The van der Waals surface area contributed by atoms with E-state index in [9.17, 15) is 14.3 Å². The van der Waals surface area contributed by atoms with Crippen LogP contribution in [-0.2, 0) is 11.2 Å². The normalized spacial score (nSPS) is 11.5. The zero-order valence-electron chi connectivity index (χ0n) is 8.92. The van der Waals surface area contributed by atoms with Crippen LogP contribution in [0, 0.1) is 11.2 Å². The van der Waals surface area contributed by atoms with Crippen LogP contribution in [0.4, 0.5) is 4.39 Å². The van der Waals surface area contributed by atoms with Gasteiger partial charge in [0.2, 0.25) is 0 Å². The number of carboxylic acid groups (broad SMARTS) is 1. The first-order chi connectivity index (χ1) is 7.24.